The van der Waals surface area contributed by atoms with Crippen molar-refractivity contribution in [1.82, 2.24) is 0 Å². The van der Waals surface area contributed by atoms with Crippen molar-refractivity contribution in [2.45, 2.75) is 6.42 Å². The molecule has 0 spiro atoms. The molecule has 0 saturated carbocycles. The smallest absolute Gasteiger partial charge is 0.343 e. The number of methoxy groups -OCH3 is 1. The largest absolute Gasteiger partial charge is 0.507 e. The summed E-state index contributed by atoms with van der Waals surface area (Å²) in [6.07, 6.45) is 1.17. The number of ether oxygens (including phenoxy) is 2. The molecule has 30 heavy (non-hydrogen) atoms. The van der Waals surface area contributed by atoms with E-state index in [1.165, 1.54) is 7.11 Å². The van der Waals surface area contributed by atoms with Crippen LogP contribution in [-0.4, -0.2) is 31.1 Å². The molecule has 0 heterocycles. The summed E-state index contributed by atoms with van der Waals surface area (Å²) in [5, 5.41) is 11.1. The highest BCUT2D eigenvalue weighted by Crippen LogP contribution is 2.35. The molecule has 7 heteroatoms. The molecule has 0 aromatic heterocycles. The first-order valence-electron chi connectivity index (χ1n) is 8.96. The topological polar surface area (TPSA) is 72.8 Å². The van der Waals surface area contributed by atoms with Crippen molar-refractivity contribution in [2.24, 2.45) is 0 Å². The molecule has 3 aromatic carbocycles. The number of hydrogen-bond acceptors (Lipinski definition) is 5. The SMILES string of the molecule is COC(=O)COc1cc(Cl)c(Cc2ccc(O)c(-c3cccc(C=O)c3)c2)c(Cl)c1. The zero-order valence-corrected chi connectivity index (χ0v) is 17.5. The summed E-state index contributed by atoms with van der Waals surface area (Å²) in [4.78, 5) is 22.3. The molecule has 1 N–H and O–H groups in total. The van der Waals surface area contributed by atoms with Crippen molar-refractivity contribution in [2.75, 3.05) is 13.7 Å². The minimum Gasteiger partial charge on any atom is -0.507 e. The normalized spacial score (nSPS) is 10.5. The number of halogens is 2. The van der Waals surface area contributed by atoms with Gasteiger partial charge in [0.2, 0.25) is 0 Å². The van der Waals surface area contributed by atoms with Crippen LogP contribution in [0.15, 0.2) is 54.6 Å². The number of aromatic hydroxyl groups is 1. The highest BCUT2D eigenvalue weighted by atomic mass is 35.5. The van der Waals surface area contributed by atoms with Crippen LogP contribution in [-0.2, 0) is 16.0 Å². The van der Waals surface area contributed by atoms with Gasteiger partial charge in [0.15, 0.2) is 6.61 Å². The molecule has 5 nitrogen and oxygen atoms in total. The average molecular weight is 445 g/mol. The van der Waals surface area contributed by atoms with Crippen molar-refractivity contribution >= 4 is 35.5 Å². The maximum Gasteiger partial charge on any atom is 0.343 e. The Bertz CT molecular complexity index is 1070. The lowest BCUT2D eigenvalue weighted by Gasteiger charge is -2.13. The van der Waals surface area contributed by atoms with Crippen molar-refractivity contribution in [3.63, 3.8) is 0 Å². The van der Waals surface area contributed by atoms with Crippen molar-refractivity contribution in [3.05, 3.63) is 81.3 Å². The fraction of sp³-hybridized carbons (Fsp3) is 0.130. The van der Waals surface area contributed by atoms with Crippen LogP contribution in [0.2, 0.25) is 10.0 Å². The number of carbonyl (C=O) groups is 2. The molecule has 0 aliphatic rings. The maximum absolute atomic E-state index is 11.2. The van der Waals surface area contributed by atoms with Gasteiger partial charge in [0.05, 0.1) is 7.11 Å². The second kappa shape index (κ2) is 9.65. The van der Waals surface area contributed by atoms with Crippen molar-refractivity contribution < 1.29 is 24.2 Å². The maximum atomic E-state index is 11.2. The summed E-state index contributed by atoms with van der Waals surface area (Å²) in [5.41, 5.74) is 3.39. The molecule has 0 bridgehead atoms. The minimum atomic E-state index is -0.512. The van der Waals surface area contributed by atoms with E-state index in [0.717, 1.165) is 17.4 Å². The zero-order valence-electron chi connectivity index (χ0n) is 16.0. The summed E-state index contributed by atoms with van der Waals surface area (Å²) in [6, 6.07) is 15.3. The minimum absolute atomic E-state index is 0.102. The molecule has 0 amide bonds. The first-order chi connectivity index (χ1) is 14.4. The Morgan fingerprint density at radius 3 is 2.47 bits per heavy atom. The summed E-state index contributed by atoms with van der Waals surface area (Å²) >= 11 is 12.8. The molecule has 0 radical (unpaired) electrons. The van der Waals surface area contributed by atoms with Crippen LogP contribution in [0.5, 0.6) is 11.5 Å². The standard InChI is InChI=1S/C23H18Cl2O5/c1-29-23(28)13-30-17-10-20(24)19(21(25)11-17)9-14-5-6-22(27)18(8-14)16-4-2-3-15(7-16)12-26/h2-8,10-12,27H,9,13H2,1H3. The molecule has 0 unspecified atom stereocenters. The van der Waals surface area contributed by atoms with Gasteiger partial charge in [-0.25, -0.2) is 4.79 Å². The van der Waals surface area contributed by atoms with Gasteiger partial charge in [-0.2, -0.15) is 0 Å². The van der Waals surface area contributed by atoms with E-state index in [1.807, 2.05) is 12.1 Å². The van der Waals surface area contributed by atoms with Gasteiger partial charge in [0, 0.05) is 27.6 Å². The summed E-state index contributed by atoms with van der Waals surface area (Å²) in [6.45, 7) is -0.246. The highest BCUT2D eigenvalue weighted by molar-refractivity contribution is 6.36. The van der Waals surface area contributed by atoms with Crippen LogP contribution in [0.3, 0.4) is 0 Å². The fourth-order valence-corrected chi connectivity index (χ4v) is 3.54. The molecule has 3 aromatic rings. The Labute approximate surface area is 183 Å². The van der Waals surface area contributed by atoms with Gasteiger partial charge in [-0.15, -0.1) is 0 Å². The van der Waals surface area contributed by atoms with Gasteiger partial charge in [-0.05, 0) is 47.0 Å². The summed E-state index contributed by atoms with van der Waals surface area (Å²) < 4.78 is 9.87. The van der Waals surface area contributed by atoms with Gasteiger partial charge < -0.3 is 14.6 Å². The molecule has 0 saturated heterocycles. The zero-order chi connectivity index (χ0) is 21.7. The number of rotatable bonds is 7. The predicted molar refractivity (Wildman–Crippen MR) is 116 cm³/mol. The molecule has 0 aliphatic heterocycles. The van der Waals surface area contributed by atoms with E-state index in [1.54, 1.807) is 42.5 Å². The van der Waals surface area contributed by atoms with Crippen LogP contribution in [0.25, 0.3) is 11.1 Å². The first kappa shape index (κ1) is 21.7. The fourth-order valence-electron chi connectivity index (χ4n) is 2.94. The van der Waals surface area contributed by atoms with E-state index in [0.29, 0.717) is 38.9 Å². The summed E-state index contributed by atoms with van der Waals surface area (Å²) in [5.74, 6) is -0.0524. The number of esters is 1. The monoisotopic (exact) mass is 444 g/mol. The molecular formula is C23H18Cl2O5. The van der Waals surface area contributed by atoms with E-state index in [9.17, 15) is 14.7 Å². The Hall–Kier alpha value is -3.02. The Balaban J connectivity index is 1.87. The molecule has 154 valence electrons. The number of benzene rings is 3. The van der Waals surface area contributed by atoms with Gasteiger partial charge in [-0.3, -0.25) is 4.79 Å². The summed E-state index contributed by atoms with van der Waals surface area (Å²) in [7, 11) is 1.27. The molecule has 0 atom stereocenters. The second-order valence-electron chi connectivity index (χ2n) is 6.50. The van der Waals surface area contributed by atoms with Crippen LogP contribution in [0.4, 0.5) is 0 Å². The Morgan fingerprint density at radius 1 is 1.07 bits per heavy atom. The van der Waals surface area contributed by atoms with E-state index < -0.39 is 5.97 Å². The Morgan fingerprint density at radius 2 is 1.80 bits per heavy atom. The van der Waals surface area contributed by atoms with Crippen LogP contribution in [0, 0.1) is 0 Å². The van der Waals surface area contributed by atoms with Crippen LogP contribution >= 0.6 is 23.2 Å². The van der Waals surface area contributed by atoms with E-state index >= 15 is 0 Å². The Kier molecular flexibility index (Phi) is 6.98. The van der Waals surface area contributed by atoms with Gasteiger partial charge in [0.1, 0.15) is 17.8 Å². The van der Waals surface area contributed by atoms with E-state index in [4.69, 9.17) is 27.9 Å². The van der Waals surface area contributed by atoms with Gasteiger partial charge >= 0.3 is 5.97 Å². The third kappa shape index (κ3) is 5.12. The van der Waals surface area contributed by atoms with Crippen LogP contribution in [0.1, 0.15) is 21.5 Å². The van der Waals surface area contributed by atoms with E-state index in [-0.39, 0.29) is 12.4 Å². The lowest BCUT2D eigenvalue weighted by Crippen LogP contribution is -2.12. The third-order valence-corrected chi connectivity index (χ3v) is 5.15. The van der Waals surface area contributed by atoms with Crippen molar-refractivity contribution in [3.8, 4) is 22.6 Å². The van der Waals surface area contributed by atoms with E-state index in [2.05, 4.69) is 4.74 Å². The van der Waals surface area contributed by atoms with Gasteiger partial charge in [-0.1, -0.05) is 47.5 Å². The number of carbonyl (C=O) groups excluding carboxylic acids is 2. The molecule has 0 fully saturated rings. The molecular weight excluding hydrogens is 427 g/mol. The highest BCUT2D eigenvalue weighted by Gasteiger charge is 2.13. The van der Waals surface area contributed by atoms with Crippen LogP contribution < -0.4 is 4.74 Å². The average Bonchev–Trinajstić information content (AvgIpc) is 2.75. The first-order valence-corrected chi connectivity index (χ1v) is 9.72. The second-order valence-corrected chi connectivity index (χ2v) is 7.32. The lowest BCUT2D eigenvalue weighted by molar-refractivity contribution is -0.142. The number of hydrogen-bond donors (Lipinski definition) is 1. The lowest BCUT2D eigenvalue weighted by atomic mass is 9.97. The predicted octanol–water partition coefficient (Wildman–Crippen LogP) is 5.32. The number of phenolic OH excluding ortho intramolecular Hbond substituents is 1. The van der Waals surface area contributed by atoms with Crippen molar-refractivity contribution in [1.29, 1.82) is 0 Å². The van der Waals surface area contributed by atoms with Gasteiger partial charge in [0.25, 0.3) is 0 Å². The third-order valence-electron chi connectivity index (χ3n) is 4.47. The quantitative estimate of drug-likeness (QED) is 0.394. The number of phenols is 1. The molecule has 0 aliphatic carbocycles. The molecule has 3 rings (SSSR count). The number of aldehydes is 1.